The van der Waals surface area contributed by atoms with Crippen molar-refractivity contribution in [1.82, 2.24) is 0 Å². The molecule has 4 nitrogen and oxygen atoms in total. The first-order valence-electron chi connectivity index (χ1n) is 5.14. The van der Waals surface area contributed by atoms with Crippen LogP contribution in [0.4, 0.5) is 0 Å². The Hall–Kier alpha value is -0.686. The van der Waals surface area contributed by atoms with Crippen molar-refractivity contribution in [3.8, 4) is 0 Å². The van der Waals surface area contributed by atoms with E-state index in [2.05, 4.69) is 0 Å². The first-order valence-corrected chi connectivity index (χ1v) is 7.77. The zero-order valence-corrected chi connectivity index (χ0v) is 12.7. The molecule has 2 aromatic carbocycles. The Labute approximate surface area is 123 Å². The van der Waals surface area contributed by atoms with E-state index in [4.69, 9.17) is 0 Å². The van der Waals surface area contributed by atoms with Crippen molar-refractivity contribution >= 4 is 26.7 Å². The summed E-state index contributed by atoms with van der Waals surface area (Å²) in [6.45, 7) is 0. The van der Waals surface area contributed by atoms with Gasteiger partial charge in [0.1, 0.15) is 0 Å². The number of hydrogen-bond donors (Lipinski definition) is 0. The van der Waals surface area contributed by atoms with E-state index in [1.165, 1.54) is 0 Å². The summed E-state index contributed by atoms with van der Waals surface area (Å²) in [6.07, 6.45) is 0. The van der Waals surface area contributed by atoms with Crippen LogP contribution in [0, 0.1) is 0 Å². The van der Waals surface area contributed by atoms with Crippen LogP contribution in [0.3, 0.4) is 0 Å². The van der Waals surface area contributed by atoms with Crippen molar-refractivity contribution in [3.63, 3.8) is 0 Å². The van der Waals surface area contributed by atoms with Gasteiger partial charge in [0, 0.05) is 16.1 Å². The summed E-state index contributed by atoms with van der Waals surface area (Å²) >= 11 is 0. The second kappa shape index (κ2) is 10.1. The molecule has 2 atom stereocenters. The summed E-state index contributed by atoms with van der Waals surface area (Å²) in [4.78, 5) is 20.6. The third kappa shape index (κ3) is 7.47. The van der Waals surface area contributed by atoms with Crippen LogP contribution in [-0.2, 0) is 25.6 Å². The number of rotatable bonds is 2. The second-order valence-electron chi connectivity index (χ2n) is 3.31. The maximum atomic E-state index is 10.3. The predicted octanol–water partition coefficient (Wildman–Crippen LogP) is 0.291. The maximum Gasteiger partial charge on any atom is 2.00 e. The molecule has 7 heteroatoms. The van der Waals surface area contributed by atoms with Gasteiger partial charge in [0.15, 0.2) is 0 Å². The van der Waals surface area contributed by atoms with Crippen LogP contribution in [0.5, 0.6) is 0 Å². The first kappa shape index (κ1) is 18.3. The summed E-state index contributed by atoms with van der Waals surface area (Å²) in [7, 11) is -5.42. The molecule has 104 valence electrons. The van der Waals surface area contributed by atoms with E-state index in [1.807, 2.05) is 0 Å². The smallest absolute Gasteiger partial charge is 0.798 e. The molecule has 0 saturated heterocycles. The second-order valence-corrected chi connectivity index (χ2v) is 5.61. The molecule has 0 N–H and O–H groups in total. The van der Waals surface area contributed by atoms with Gasteiger partial charge < -0.3 is 18.9 Å². The number of hydrogen-bond acceptors (Lipinski definition) is 4. The van der Waals surface area contributed by atoms with E-state index < -0.39 is 16.1 Å². The molecule has 0 amide bonds. The van der Waals surface area contributed by atoms with Gasteiger partial charge in [0.25, 0.3) is 0 Å². The third-order valence-electron chi connectivity index (χ3n) is 2.02. The fourth-order valence-electron chi connectivity index (χ4n) is 1.15. The minimum atomic E-state index is -2.71. The van der Waals surface area contributed by atoms with E-state index in [9.17, 15) is 18.9 Å². The fourth-order valence-corrected chi connectivity index (χ4v) is 2.08. The van der Waals surface area contributed by atoms with Crippen LogP contribution in [0.1, 0.15) is 0 Å². The van der Waals surface area contributed by atoms with Gasteiger partial charge in [0.2, 0.25) is 0 Å². The van der Waals surface area contributed by atoms with Crippen LogP contribution in [-0.4, -0.2) is 0 Å². The van der Waals surface area contributed by atoms with E-state index in [1.54, 1.807) is 60.7 Å². The molecule has 0 aliphatic heterocycles. The van der Waals surface area contributed by atoms with Crippen molar-refractivity contribution in [1.29, 1.82) is 0 Å². The molecule has 19 heavy (non-hydrogen) atoms. The predicted molar refractivity (Wildman–Crippen MR) is 70.2 cm³/mol. The molecule has 0 spiro atoms. The summed E-state index contributed by atoms with van der Waals surface area (Å²) in [6, 6.07) is 16.7. The Morgan fingerprint density at radius 3 is 1.05 bits per heavy atom. The van der Waals surface area contributed by atoms with Crippen molar-refractivity contribution in [2.45, 2.75) is 0 Å². The zero-order chi connectivity index (χ0) is 13.4. The molecular formula is C12H12NiO4P2. The van der Waals surface area contributed by atoms with Crippen LogP contribution in [0.2, 0.25) is 0 Å². The monoisotopic (exact) mass is 340 g/mol. The molecule has 2 unspecified atom stereocenters. The van der Waals surface area contributed by atoms with E-state index in [0.717, 1.165) is 0 Å². The van der Waals surface area contributed by atoms with Gasteiger partial charge in [-0.3, -0.25) is 0 Å². The van der Waals surface area contributed by atoms with Crippen molar-refractivity contribution < 1.29 is 35.4 Å². The summed E-state index contributed by atoms with van der Waals surface area (Å²) in [5, 5.41) is 0.810. The van der Waals surface area contributed by atoms with Gasteiger partial charge in [-0.2, -0.15) is 0 Å². The standard InChI is InChI=1S/2C6H7O2P.Ni/c2*7-9(8)6-4-2-1-3-5-6;/h2*1-5,9H,(H,7,8);/q;;+2/p-2. The van der Waals surface area contributed by atoms with E-state index in [0.29, 0.717) is 10.6 Å². The van der Waals surface area contributed by atoms with Crippen LogP contribution >= 0.6 is 16.1 Å². The Morgan fingerprint density at radius 2 is 0.895 bits per heavy atom. The van der Waals surface area contributed by atoms with Crippen molar-refractivity contribution in [3.05, 3.63) is 60.7 Å². The summed E-state index contributed by atoms with van der Waals surface area (Å²) < 4.78 is 20.6. The summed E-state index contributed by atoms with van der Waals surface area (Å²) in [5.41, 5.74) is 0. The SMILES string of the molecule is O=[PH]([O-])c1ccccc1.O=[PH]([O-])c1ccccc1.[Ni+2]. The van der Waals surface area contributed by atoms with Crippen LogP contribution in [0.15, 0.2) is 60.7 Å². The van der Waals surface area contributed by atoms with Gasteiger partial charge in [-0.15, -0.1) is 0 Å². The van der Waals surface area contributed by atoms with E-state index >= 15 is 0 Å². The molecule has 0 aliphatic rings. The van der Waals surface area contributed by atoms with E-state index in [-0.39, 0.29) is 16.5 Å². The molecule has 0 heterocycles. The van der Waals surface area contributed by atoms with Crippen LogP contribution in [0.25, 0.3) is 0 Å². The van der Waals surface area contributed by atoms with Gasteiger partial charge in [-0.25, -0.2) is 0 Å². The minimum absolute atomic E-state index is 0. The minimum Gasteiger partial charge on any atom is -0.798 e. The molecule has 0 radical (unpaired) electrons. The van der Waals surface area contributed by atoms with Crippen LogP contribution < -0.4 is 20.4 Å². The average Bonchev–Trinajstić information content (AvgIpc) is 2.41. The zero-order valence-electron chi connectivity index (χ0n) is 9.72. The van der Waals surface area contributed by atoms with Gasteiger partial charge in [-0.1, -0.05) is 60.7 Å². The maximum absolute atomic E-state index is 10.3. The van der Waals surface area contributed by atoms with Gasteiger partial charge in [-0.05, 0) is 10.6 Å². The molecular weight excluding hydrogens is 329 g/mol. The van der Waals surface area contributed by atoms with Gasteiger partial charge in [0.05, 0.1) is 0 Å². The summed E-state index contributed by atoms with van der Waals surface area (Å²) in [5.74, 6) is 0. The van der Waals surface area contributed by atoms with Gasteiger partial charge >= 0.3 is 16.5 Å². The molecule has 0 aromatic heterocycles. The van der Waals surface area contributed by atoms with Crippen molar-refractivity contribution in [2.75, 3.05) is 0 Å². The average molecular weight is 341 g/mol. The Balaban J connectivity index is 0.000000324. The third-order valence-corrected chi connectivity index (χ3v) is 3.63. The Bertz CT molecular complexity index is 470. The molecule has 0 aliphatic carbocycles. The molecule has 0 fully saturated rings. The number of benzene rings is 2. The Morgan fingerprint density at radius 1 is 0.632 bits per heavy atom. The molecule has 0 bridgehead atoms. The molecule has 0 saturated carbocycles. The normalized spacial score (nSPS) is 12.3. The molecule has 2 rings (SSSR count). The first-order chi connectivity index (χ1) is 8.61. The molecule has 2 aromatic rings. The fraction of sp³-hybridized carbons (Fsp3) is 0. The topological polar surface area (TPSA) is 80.3 Å². The van der Waals surface area contributed by atoms with Crippen molar-refractivity contribution in [2.24, 2.45) is 0 Å². The Kier molecular flexibility index (Phi) is 9.78. The quantitative estimate of drug-likeness (QED) is 0.581. The largest absolute Gasteiger partial charge is 2.00 e.